The summed E-state index contributed by atoms with van der Waals surface area (Å²) >= 11 is 0. The van der Waals surface area contributed by atoms with E-state index in [0.29, 0.717) is 12.2 Å². The van der Waals surface area contributed by atoms with E-state index in [1.807, 2.05) is 42.5 Å². The predicted octanol–water partition coefficient (Wildman–Crippen LogP) is 2.91. The molecular weight excluding hydrogens is 220 g/mol. The maximum atomic E-state index is 11.2. The SMILES string of the molecule is CCS(=O)(=O)CCC/C=C/c1ccccc1. The second kappa shape index (κ2) is 6.48. The topological polar surface area (TPSA) is 34.1 Å². The second-order valence-electron chi connectivity index (χ2n) is 3.69. The fraction of sp³-hybridized carbons (Fsp3) is 0.385. The Kier molecular flexibility index (Phi) is 5.26. The molecule has 3 heteroatoms. The molecule has 88 valence electrons. The van der Waals surface area contributed by atoms with Gasteiger partial charge in [0.2, 0.25) is 0 Å². The van der Waals surface area contributed by atoms with E-state index >= 15 is 0 Å². The van der Waals surface area contributed by atoms with Crippen molar-refractivity contribution in [3.05, 3.63) is 42.0 Å². The van der Waals surface area contributed by atoms with Crippen LogP contribution in [0.5, 0.6) is 0 Å². The summed E-state index contributed by atoms with van der Waals surface area (Å²) in [6.45, 7) is 1.69. The molecule has 0 aromatic heterocycles. The Morgan fingerprint density at radius 2 is 1.88 bits per heavy atom. The summed E-state index contributed by atoms with van der Waals surface area (Å²) in [5.41, 5.74) is 1.15. The average molecular weight is 238 g/mol. The zero-order valence-electron chi connectivity index (χ0n) is 9.59. The largest absolute Gasteiger partial charge is 0.229 e. The lowest BCUT2D eigenvalue weighted by Gasteiger charge is -1.98. The standard InChI is InChI=1S/C13H18O2S/c1-2-16(14,15)12-8-4-7-11-13-9-5-3-6-10-13/h3,5-7,9-11H,2,4,8,12H2,1H3/b11-7+. The molecule has 16 heavy (non-hydrogen) atoms. The number of rotatable bonds is 6. The predicted molar refractivity (Wildman–Crippen MR) is 69.0 cm³/mol. The Morgan fingerprint density at radius 1 is 1.19 bits per heavy atom. The minimum Gasteiger partial charge on any atom is -0.229 e. The molecule has 0 unspecified atom stereocenters. The molecule has 0 heterocycles. The van der Waals surface area contributed by atoms with Gasteiger partial charge in [-0.25, -0.2) is 8.42 Å². The van der Waals surface area contributed by atoms with Crippen LogP contribution in [0, 0.1) is 0 Å². The first-order valence-electron chi connectivity index (χ1n) is 5.56. The number of hydrogen-bond donors (Lipinski definition) is 0. The molecule has 2 nitrogen and oxygen atoms in total. The normalized spacial score (nSPS) is 12.1. The fourth-order valence-corrected chi connectivity index (χ4v) is 2.24. The molecule has 0 amide bonds. The maximum Gasteiger partial charge on any atom is 0.150 e. The van der Waals surface area contributed by atoms with E-state index in [2.05, 4.69) is 0 Å². The highest BCUT2D eigenvalue weighted by atomic mass is 32.2. The van der Waals surface area contributed by atoms with Crippen molar-refractivity contribution in [2.75, 3.05) is 11.5 Å². The van der Waals surface area contributed by atoms with Crippen LogP contribution in [0.25, 0.3) is 6.08 Å². The van der Waals surface area contributed by atoms with Gasteiger partial charge in [-0.15, -0.1) is 0 Å². The highest BCUT2D eigenvalue weighted by Crippen LogP contribution is 2.04. The quantitative estimate of drug-likeness (QED) is 0.714. The van der Waals surface area contributed by atoms with Crippen molar-refractivity contribution in [3.63, 3.8) is 0 Å². The Morgan fingerprint density at radius 3 is 2.50 bits per heavy atom. The Labute approximate surface area is 97.9 Å². The molecule has 0 bridgehead atoms. The molecule has 0 N–H and O–H groups in total. The average Bonchev–Trinajstić information content (AvgIpc) is 2.30. The van der Waals surface area contributed by atoms with Crippen molar-refractivity contribution in [2.24, 2.45) is 0 Å². The molecule has 0 aliphatic carbocycles. The highest BCUT2D eigenvalue weighted by Gasteiger charge is 2.04. The zero-order chi connectivity index (χ0) is 11.9. The molecule has 0 aliphatic heterocycles. The van der Waals surface area contributed by atoms with Crippen molar-refractivity contribution in [2.45, 2.75) is 19.8 Å². The summed E-state index contributed by atoms with van der Waals surface area (Å²) in [4.78, 5) is 0. The van der Waals surface area contributed by atoms with Crippen molar-refractivity contribution in [3.8, 4) is 0 Å². The Bertz CT molecular complexity index is 419. The summed E-state index contributed by atoms with van der Waals surface area (Å²) < 4.78 is 22.4. The molecule has 0 fully saturated rings. The summed E-state index contributed by atoms with van der Waals surface area (Å²) in [7, 11) is -2.80. The number of allylic oxidation sites excluding steroid dienone is 1. The molecule has 1 rings (SSSR count). The van der Waals surface area contributed by atoms with Crippen molar-refractivity contribution < 1.29 is 8.42 Å². The summed E-state index contributed by atoms with van der Waals surface area (Å²) in [5.74, 6) is 0.540. The van der Waals surface area contributed by atoms with E-state index in [-0.39, 0.29) is 5.75 Å². The summed E-state index contributed by atoms with van der Waals surface area (Å²) in [6.07, 6.45) is 5.58. The van der Waals surface area contributed by atoms with Gasteiger partial charge >= 0.3 is 0 Å². The first kappa shape index (κ1) is 13.0. The van der Waals surface area contributed by atoms with Crippen LogP contribution in [0.1, 0.15) is 25.3 Å². The summed E-state index contributed by atoms with van der Waals surface area (Å²) in [6, 6.07) is 10.0. The van der Waals surface area contributed by atoms with Crippen LogP contribution in [-0.4, -0.2) is 19.9 Å². The van der Waals surface area contributed by atoms with Crippen LogP contribution in [-0.2, 0) is 9.84 Å². The van der Waals surface area contributed by atoms with E-state index in [1.54, 1.807) is 6.92 Å². The van der Waals surface area contributed by atoms with Gasteiger partial charge in [0.15, 0.2) is 0 Å². The van der Waals surface area contributed by atoms with Crippen molar-refractivity contribution >= 4 is 15.9 Å². The Hall–Kier alpha value is -1.09. The first-order valence-corrected chi connectivity index (χ1v) is 7.38. The molecule has 0 aliphatic rings. The van der Waals surface area contributed by atoms with Gasteiger partial charge in [0.05, 0.1) is 5.75 Å². The van der Waals surface area contributed by atoms with Crippen LogP contribution in [0.15, 0.2) is 36.4 Å². The van der Waals surface area contributed by atoms with Gasteiger partial charge in [-0.1, -0.05) is 49.4 Å². The third-order valence-corrected chi connectivity index (χ3v) is 4.17. The van der Waals surface area contributed by atoms with E-state index in [9.17, 15) is 8.42 Å². The third-order valence-electron chi connectivity index (χ3n) is 2.38. The molecular formula is C13H18O2S. The molecule has 1 aromatic carbocycles. The van der Waals surface area contributed by atoms with Crippen LogP contribution in [0.2, 0.25) is 0 Å². The fourth-order valence-electron chi connectivity index (χ4n) is 1.35. The van der Waals surface area contributed by atoms with Gasteiger partial charge in [-0.3, -0.25) is 0 Å². The molecule has 1 aromatic rings. The zero-order valence-corrected chi connectivity index (χ0v) is 10.4. The Balaban J connectivity index is 2.29. The molecule has 0 spiro atoms. The first-order chi connectivity index (χ1) is 7.64. The lowest BCUT2D eigenvalue weighted by Crippen LogP contribution is -2.07. The molecule has 0 radical (unpaired) electrons. The van der Waals surface area contributed by atoms with Crippen LogP contribution in [0.3, 0.4) is 0 Å². The van der Waals surface area contributed by atoms with Crippen molar-refractivity contribution in [1.82, 2.24) is 0 Å². The molecule has 0 saturated carbocycles. The number of benzene rings is 1. The van der Waals surface area contributed by atoms with Gasteiger partial charge in [0, 0.05) is 5.75 Å². The van der Waals surface area contributed by atoms with E-state index in [0.717, 1.165) is 12.0 Å². The van der Waals surface area contributed by atoms with Gasteiger partial charge in [0.1, 0.15) is 9.84 Å². The van der Waals surface area contributed by atoms with Crippen LogP contribution in [0.4, 0.5) is 0 Å². The minimum absolute atomic E-state index is 0.245. The van der Waals surface area contributed by atoms with Gasteiger partial charge in [0.25, 0.3) is 0 Å². The van der Waals surface area contributed by atoms with Gasteiger partial charge in [-0.05, 0) is 18.4 Å². The van der Waals surface area contributed by atoms with Crippen molar-refractivity contribution in [1.29, 1.82) is 0 Å². The van der Waals surface area contributed by atoms with E-state index in [4.69, 9.17) is 0 Å². The lowest BCUT2D eigenvalue weighted by molar-refractivity contribution is 0.595. The molecule has 0 saturated heterocycles. The van der Waals surface area contributed by atoms with Crippen LogP contribution < -0.4 is 0 Å². The molecule has 0 atom stereocenters. The highest BCUT2D eigenvalue weighted by molar-refractivity contribution is 7.91. The van der Waals surface area contributed by atoms with E-state index in [1.165, 1.54) is 0 Å². The number of unbranched alkanes of at least 4 members (excludes halogenated alkanes) is 1. The van der Waals surface area contributed by atoms with E-state index < -0.39 is 9.84 Å². The third kappa shape index (κ3) is 5.12. The monoisotopic (exact) mass is 238 g/mol. The number of hydrogen-bond acceptors (Lipinski definition) is 2. The maximum absolute atomic E-state index is 11.2. The second-order valence-corrected chi connectivity index (χ2v) is 6.16. The van der Waals surface area contributed by atoms with Gasteiger partial charge < -0.3 is 0 Å². The smallest absolute Gasteiger partial charge is 0.150 e. The van der Waals surface area contributed by atoms with Crippen LogP contribution >= 0.6 is 0 Å². The van der Waals surface area contributed by atoms with Gasteiger partial charge in [-0.2, -0.15) is 0 Å². The lowest BCUT2D eigenvalue weighted by atomic mass is 10.2. The number of sulfone groups is 1. The minimum atomic E-state index is -2.80. The summed E-state index contributed by atoms with van der Waals surface area (Å²) in [5, 5.41) is 0.